The number of hydrogen-bond donors (Lipinski definition) is 2. The smallest absolute Gasteiger partial charge is 0.191 e. The lowest BCUT2D eigenvalue weighted by Gasteiger charge is -2.39. The van der Waals surface area contributed by atoms with Crippen LogP contribution in [0.2, 0.25) is 0 Å². The van der Waals surface area contributed by atoms with Crippen LogP contribution in [0.15, 0.2) is 4.99 Å². The summed E-state index contributed by atoms with van der Waals surface area (Å²) in [5.41, 5.74) is 0.182. The molecule has 2 unspecified atom stereocenters. The van der Waals surface area contributed by atoms with Crippen LogP contribution in [0, 0.1) is 11.3 Å². The van der Waals surface area contributed by atoms with Gasteiger partial charge in [0.05, 0.1) is 6.10 Å². The normalized spacial score (nSPS) is 24.5. The van der Waals surface area contributed by atoms with E-state index in [0.29, 0.717) is 12.0 Å². The molecule has 5 nitrogen and oxygen atoms in total. The van der Waals surface area contributed by atoms with Gasteiger partial charge in [-0.05, 0) is 70.5 Å². The van der Waals surface area contributed by atoms with E-state index >= 15 is 0 Å². The summed E-state index contributed by atoms with van der Waals surface area (Å²) >= 11 is 0. The number of nitrogens with zero attached hydrogens (tertiary/aromatic N) is 2. The van der Waals surface area contributed by atoms with Gasteiger partial charge in [-0.1, -0.05) is 20.8 Å². The third-order valence-electron chi connectivity index (χ3n) is 5.52. The molecule has 2 fully saturated rings. The second-order valence-electron chi connectivity index (χ2n) is 8.96. The monoisotopic (exact) mass is 494 g/mol. The lowest BCUT2D eigenvalue weighted by Crippen LogP contribution is -2.43. The van der Waals surface area contributed by atoms with E-state index in [4.69, 9.17) is 9.73 Å². The highest BCUT2D eigenvalue weighted by Crippen LogP contribution is 2.34. The predicted molar refractivity (Wildman–Crippen MR) is 126 cm³/mol. The second kappa shape index (κ2) is 13.2. The number of aliphatic imine (C=N–C) groups is 1. The average molecular weight is 495 g/mol. The predicted octanol–water partition coefficient (Wildman–Crippen LogP) is 3.88. The van der Waals surface area contributed by atoms with Crippen molar-refractivity contribution < 1.29 is 4.74 Å². The summed E-state index contributed by atoms with van der Waals surface area (Å²) in [4.78, 5) is 7.47. The van der Waals surface area contributed by atoms with E-state index in [1.165, 1.54) is 51.7 Å². The van der Waals surface area contributed by atoms with E-state index in [9.17, 15) is 0 Å². The minimum Gasteiger partial charge on any atom is -0.377 e. The number of unbranched alkanes of at least 4 members (excludes halogenated alkanes) is 1. The molecule has 0 saturated carbocycles. The van der Waals surface area contributed by atoms with Crippen molar-refractivity contribution in [3.63, 3.8) is 0 Å². The Morgan fingerprint density at radius 3 is 2.52 bits per heavy atom. The van der Waals surface area contributed by atoms with Crippen LogP contribution in [-0.4, -0.2) is 62.8 Å². The Hall–Kier alpha value is -0.0800. The molecule has 2 saturated heterocycles. The Balaban J connectivity index is 0.00000364. The molecule has 2 aliphatic rings. The third-order valence-corrected chi connectivity index (χ3v) is 5.52. The van der Waals surface area contributed by atoms with Crippen LogP contribution < -0.4 is 10.6 Å². The summed E-state index contributed by atoms with van der Waals surface area (Å²) in [6.45, 7) is 16.5. The first-order valence-electron chi connectivity index (χ1n) is 10.9. The zero-order chi connectivity index (χ0) is 18.8. The Labute approximate surface area is 184 Å². The van der Waals surface area contributed by atoms with E-state index in [2.05, 4.69) is 43.2 Å². The fourth-order valence-corrected chi connectivity index (χ4v) is 4.21. The molecule has 0 aromatic rings. The van der Waals surface area contributed by atoms with Gasteiger partial charge in [0.2, 0.25) is 0 Å². The molecule has 0 aromatic carbocycles. The van der Waals surface area contributed by atoms with Crippen LogP contribution in [0.25, 0.3) is 0 Å². The maximum absolute atomic E-state index is 6.09. The van der Waals surface area contributed by atoms with Gasteiger partial charge in [0.15, 0.2) is 5.96 Å². The lowest BCUT2D eigenvalue weighted by molar-refractivity contribution is -0.0823. The number of rotatable bonds is 8. The van der Waals surface area contributed by atoms with Crippen molar-refractivity contribution in [2.45, 2.75) is 72.3 Å². The van der Waals surface area contributed by atoms with Gasteiger partial charge in [-0.25, -0.2) is 0 Å². The molecule has 2 atom stereocenters. The molecule has 160 valence electrons. The highest BCUT2D eigenvalue weighted by atomic mass is 127. The van der Waals surface area contributed by atoms with Crippen molar-refractivity contribution in [1.29, 1.82) is 0 Å². The van der Waals surface area contributed by atoms with Crippen LogP contribution in [0.4, 0.5) is 0 Å². The number of likely N-dealkylation sites (tertiary alicyclic amines) is 1. The quantitative estimate of drug-likeness (QED) is 0.233. The summed E-state index contributed by atoms with van der Waals surface area (Å²) in [5, 5.41) is 6.91. The largest absolute Gasteiger partial charge is 0.377 e. The van der Waals surface area contributed by atoms with Crippen LogP contribution in [-0.2, 0) is 4.74 Å². The molecule has 2 aliphatic heterocycles. The fourth-order valence-electron chi connectivity index (χ4n) is 4.21. The standard InChI is InChI=1S/C21H42N4O.HI/c1-5-22-20(23-12-6-7-13-25-14-8-9-15-25)24-17-18-11-10-16-26-19(18)21(2,3)4;/h18-19H,5-17H2,1-4H3,(H2,22,23,24);1H. The highest BCUT2D eigenvalue weighted by molar-refractivity contribution is 14.0. The van der Waals surface area contributed by atoms with E-state index in [1.54, 1.807) is 0 Å². The van der Waals surface area contributed by atoms with Gasteiger partial charge in [-0.3, -0.25) is 4.99 Å². The highest BCUT2D eigenvalue weighted by Gasteiger charge is 2.35. The minimum atomic E-state index is 0. The first kappa shape index (κ1) is 25.0. The summed E-state index contributed by atoms with van der Waals surface area (Å²) in [6.07, 6.45) is 7.94. The van der Waals surface area contributed by atoms with Crippen molar-refractivity contribution in [1.82, 2.24) is 15.5 Å². The lowest BCUT2D eigenvalue weighted by atomic mass is 9.78. The molecule has 0 bridgehead atoms. The summed E-state index contributed by atoms with van der Waals surface area (Å²) in [6, 6.07) is 0. The Kier molecular flexibility index (Phi) is 12.2. The Morgan fingerprint density at radius 2 is 1.85 bits per heavy atom. The summed E-state index contributed by atoms with van der Waals surface area (Å²) < 4.78 is 6.09. The zero-order valence-electron chi connectivity index (χ0n) is 18.1. The van der Waals surface area contributed by atoms with Gasteiger partial charge in [-0.15, -0.1) is 24.0 Å². The van der Waals surface area contributed by atoms with Crippen LogP contribution in [0.3, 0.4) is 0 Å². The number of halogens is 1. The second-order valence-corrected chi connectivity index (χ2v) is 8.96. The fraction of sp³-hybridized carbons (Fsp3) is 0.952. The molecular formula is C21H43IN4O. The number of guanidine groups is 1. The molecule has 2 rings (SSSR count). The van der Waals surface area contributed by atoms with Crippen LogP contribution >= 0.6 is 24.0 Å². The van der Waals surface area contributed by atoms with E-state index in [0.717, 1.165) is 38.6 Å². The topological polar surface area (TPSA) is 48.9 Å². The summed E-state index contributed by atoms with van der Waals surface area (Å²) in [7, 11) is 0. The first-order valence-corrected chi connectivity index (χ1v) is 10.9. The average Bonchev–Trinajstić information content (AvgIpc) is 3.12. The van der Waals surface area contributed by atoms with Crippen molar-refractivity contribution in [3.05, 3.63) is 0 Å². The van der Waals surface area contributed by atoms with E-state index in [1.807, 2.05) is 0 Å². The van der Waals surface area contributed by atoms with Crippen molar-refractivity contribution in [2.24, 2.45) is 16.3 Å². The first-order chi connectivity index (χ1) is 12.5. The summed E-state index contributed by atoms with van der Waals surface area (Å²) in [5.74, 6) is 1.49. The molecular weight excluding hydrogens is 451 g/mol. The minimum absolute atomic E-state index is 0. The van der Waals surface area contributed by atoms with Crippen molar-refractivity contribution in [3.8, 4) is 0 Å². The molecule has 0 radical (unpaired) electrons. The molecule has 2 N–H and O–H groups in total. The Bertz CT molecular complexity index is 419. The molecule has 0 aromatic heterocycles. The maximum Gasteiger partial charge on any atom is 0.191 e. The number of nitrogens with one attached hydrogen (secondary N) is 2. The Morgan fingerprint density at radius 1 is 1.11 bits per heavy atom. The van der Waals surface area contributed by atoms with Gasteiger partial charge in [0.1, 0.15) is 0 Å². The van der Waals surface area contributed by atoms with Crippen molar-refractivity contribution >= 4 is 29.9 Å². The van der Waals surface area contributed by atoms with Gasteiger partial charge in [-0.2, -0.15) is 0 Å². The molecule has 6 heteroatoms. The van der Waals surface area contributed by atoms with Crippen LogP contribution in [0.5, 0.6) is 0 Å². The van der Waals surface area contributed by atoms with Gasteiger partial charge >= 0.3 is 0 Å². The molecule has 2 heterocycles. The van der Waals surface area contributed by atoms with Crippen molar-refractivity contribution in [2.75, 3.05) is 45.9 Å². The SMILES string of the molecule is CCNC(=NCC1CCCOC1C(C)(C)C)NCCCCN1CCCC1.I. The van der Waals surface area contributed by atoms with E-state index in [-0.39, 0.29) is 29.4 Å². The van der Waals surface area contributed by atoms with Crippen LogP contribution in [0.1, 0.15) is 66.2 Å². The molecule has 0 amide bonds. The maximum atomic E-state index is 6.09. The molecule has 27 heavy (non-hydrogen) atoms. The van der Waals surface area contributed by atoms with Gasteiger partial charge in [0.25, 0.3) is 0 Å². The molecule has 0 spiro atoms. The molecule has 0 aliphatic carbocycles. The van der Waals surface area contributed by atoms with E-state index < -0.39 is 0 Å². The van der Waals surface area contributed by atoms with Gasteiger partial charge < -0.3 is 20.3 Å². The number of hydrogen-bond acceptors (Lipinski definition) is 3. The van der Waals surface area contributed by atoms with Gasteiger partial charge in [0, 0.05) is 32.2 Å². The number of ether oxygens (including phenoxy) is 1. The third kappa shape index (κ3) is 9.31. The zero-order valence-corrected chi connectivity index (χ0v) is 20.4.